The van der Waals surface area contributed by atoms with Crippen molar-refractivity contribution in [2.45, 2.75) is 44.9 Å². The maximum absolute atomic E-state index is 13.0. The van der Waals surface area contributed by atoms with Crippen molar-refractivity contribution in [1.82, 2.24) is 10.6 Å². The number of carbonyl (C=O) groups is 3. The molecule has 1 aromatic carbocycles. The zero-order chi connectivity index (χ0) is 20.2. The monoisotopic (exact) mass is 388 g/mol. The zero-order valence-electron chi connectivity index (χ0n) is 15.4. The molecule has 148 valence electrons. The number of nitrogens with one attached hydrogen (secondary N) is 2. The smallest absolute Gasteiger partial charge is 0.328 e. The maximum atomic E-state index is 13.0. The number of non-ortho nitro benzene ring substituents is 1. The van der Waals surface area contributed by atoms with Crippen LogP contribution in [0.15, 0.2) is 18.2 Å². The van der Waals surface area contributed by atoms with Gasteiger partial charge in [-0.25, -0.2) is 4.79 Å². The van der Waals surface area contributed by atoms with Crippen molar-refractivity contribution in [2.75, 3.05) is 11.4 Å². The number of ether oxygens (including phenoxy) is 1. The van der Waals surface area contributed by atoms with Crippen molar-refractivity contribution in [3.05, 3.63) is 33.9 Å². The molecule has 10 nitrogen and oxygen atoms in total. The number of morpholine rings is 1. The van der Waals surface area contributed by atoms with E-state index in [1.807, 2.05) is 18.7 Å². The van der Waals surface area contributed by atoms with Crippen LogP contribution in [0.25, 0.3) is 0 Å². The third kappa shape index (κ3) is 2.48. The van der Waals surface area contributed by atoms with E-state index >= 15 is 0 Å². The van der Waals surface area contributed by atoms with Gasteiger partial charge in [0.25, 0.3) is 5.69 Å². The molecule has 28 heavy (non-hydrogen) atoms. The van der Waals surface area contributed by atoms with Crippen molar-refractivity contribution in [2.24, 2.45) is 5.41 Å². The van der Waals surface area contributed by atoms with Crippen LogP contribution in [0.2, 0.25) is 0 Å². The molecule has 3 aliphatic rings. The molecule has 3 aliphatic heterocycles. The molecule has 2 saturated heterocycles. The van der Waals surface area contributed by atoms with Crippen LogP contribution in [0.4, 0.5) is 16.2 Å². The molecule has 0 saturated carbocycles. The molecule has 4 rings (SSSR count). The van der Waals surface area contributed by atoms with E-state index in [1.54, 1.807) is 6.07 Å². The van der Waals surface area contributed by atoms with Gasteiger partial charge in [-0.15, -0.1) is 0 Å². The molecule has 0 aromatic heterocycles. The first-order valence-electron chi connectivity index (χ1n) is 9.14. The minimum atomic E-state index is -1.61. The van der Waals surface area contributed by atoms with E-state index in [-0.39, 0.29) is 18.2 Å². The summed E-state index contributed by atoms with van der Waals surface area (Å²) in [5.74, 6) is -1.41. The van der Waals surface area contributed by atoms with Crippen LogP contribution < -0.4 is 15.5 Å². The van der Waals surface area contributed by atoms with Gasteiger partial charge in [0.1, 0.15) is 0 Å². The lowest BCUT2D eigenvalue weighted by Gasteiger charge is -2.55. The van der Waals surface area contributed by atoms with Crippen LogP contribution in [-0.2, 0) is 20.7 Å². The lowest BCUT2D eigenvalue weighted by atomic mass is 9.66. The number of hydrogen-bond donors (Lipinski definition) is 2. The Morgan fingerprint density at radius 3 is 2.57 bits per heavy atom. The molecule has 0 radical (unpaired) electrons. The normalized spacial score (nSPS) is 28.3. The summed E-state index contributed by atoms with van der Waals surface area (Å²) in [5, 5.41) is 15.6. The largest absolute Gasteiger partial charge is 0.371 e. The molecule has 2 fully saturated rings. The summed E-state index contributed by atoms with van der Waals surface area (Å²) in [6.07, 6.45) is -0.0680. The summed E-state index contributed by atoms with van der Waals surface area (Å²) in [4.78, 5) is 50.3. The first-order chi connectivity index (χ1) is 13.3. The second-order valence-corrected chi connectivity index (χ2v) is 7.45. The Balaban J connectivity index is 1.93. The van der Waals surface area contributed by atoms with Crippen molar-refractivity contribution in [1.29, 1.82) is 0 Å². The molecule has 1 aromatic rings. The molecule has 3 heterocycles. The number of carbonyl (C=O) groups excluding carboxylic acids is 3. The summed E-state index contributed by atoms with van der Waals surface area (Å²) in [6, 6.07) is 2.97. The number of urea groups is 1. The molecule has 2 N–H and O–H groups in total. The molecular formula is C18H20N4O6. The molecule has 4 amide bonds. The van der Waals surface area contributed by atoms with Crippen LogP contribution in [-0.4, -0.2) is 47.6 Å². The molecule has 3 atom stereocenters. The Morgan fingerprint density at radius 2 is 1.96 bits per heavy atom. The Kier molecular flexibility index (Phi) is 4.11. The minimum absolute atomic E-state index is 0.0512. The molecule has 1 spiro atoms. The van der Waals surface area contributed by atoms with E-state index in [2.05, 4.69) is 10.6 Å². The maximum Gasteiger partial charge on any atom is 0.328 e. The van der Waals surface area contributed by atoms with E-state index in [9.17, 15) is 24.5 Å². The van der Waals surface area contributed by atoms with Crippen molar-refractivity contribution >= 4 is 29.2 Å². The Morgan fingerprint density at radius 1 is 1.29 bits per heavy atom. The van der Waals surface area contributed by atoms with E-state index < -0.39 is 40.3 Å². The first kappa shape index (κ1) is 18.4. The number of anilines is 1. The van der Waals surface area contributed by atoms with Crippen LogP contribution in [0.3, 0.4) is 0 Å². The van der Waals surface area contributed by atoms with Crippen LogP contribution in [0.1, 0.15) is 25.8 Å². The fourth-order valence-electron chi connectivity index (χ4n) is 4.66. The number of nitro groups is 1. The van der Waals surface area contributed by atoms with Crippen LogP contribution in [0, 0.1) is 15.5 Å². The third-order valence-corrected chi connectivity index (χ3v) is 5.77. The van der Waals surface area contributed by atoms with Crippen LogP contribution in [0.5, 0.6) is 0 Å². The number of nitro benzene ring substituents is 1. The van der Waals surface area contributed by atoms with Crippen molar-refractivity contribution in [3.8, 4) is 0 Å². The number of nitrogens with zero attached hydrogens (tertiary/aromatic N) is 2. The molecule has 0 bridgehead atoms. The van der Waals surface area contributed by atoms with E-state index in [1.165, 1.54) is 12.1 Å². The number of benzene rings is 1. The SMILES string of the molecule is CC[C@@H]1O[C@H](C)CN2c3ccc([N+](=O)[O-])cc3CC3(C(=O)NC(=O)NC3=O)[C@@H]12. The number of barbiturate groups is 1. The van der Waals surface area contributed by atoms with Gasteiger partial charge in [-0.2, -0.15) is 0 Å². The van der Waals surface area contributed by atoms with Gasteiger partial charge in [0.15, 0.2) is 5.41 Å². The van der Waals surface area contributed by atoms with Crippen molar-refractivity contribution < 1.29 is 24.0 Å². The third-order valence-electron chi connectivity index (χ3n) is 5.77. The van der Waals surface area contributed by atoms with Gasteiger partial charge < -0.3 is 9.64 Å². The molecule has 0 unspecified atom stereocenters. The van der Waals surface area contributed by atoms with Crippen LogP contribution >= 0.6 is 0 Å². The van der Waals surface area contributed by atoms with Gasteiger partial charge in [-0.3, -0.25) is 30.3 Å². The van der Waals surface area contributed by atoms with E-state index in [0.717, 1.165) is 5.69 Å². The number of amides is 4. The fourth-order valence-corrected chi connectivity index (χ4v) is 4.66. The second kappa shape index (κ2) is 6.26. The quantitative estimate of drug-likeness (QED) is 0.437. The number of imide groups is 2. The highest BCUT2D eigenvalue weighted by Crippen LogP contribution is 2.47. The van der Waals surface area contributed by atoms with Gasteiger partial charge in [-0.1, -0.05) is 6.92 Å². The Hall–Kier alpha value is -3.01. The predicted molar refractivity (Wildman–Crippen MR) is 96.7 cm³/mol. The lowest BCUT2D eigenvalue weighted by Crippen LogP contribution is -2.75. The summed E-state index contributed by atoms with van der Waals surface area (Å²) >= 11 is 0. The summed E-state index contributed by atoms with van der Waals surface area (Å²) in [7, 11) is 0. The topological polar surface area (TPSA) is 131 Å². The summed E-state index contributed by atoms with van der Waals surface area (Å²) in [5.41, 5.74) is -0.466. The lowest BCUT2D eigenvalue weighted by molar-refractivity contribution is -0.384. The molecule has 0 aliphatic carbocycles. The van der Waals surface area contributed by atoms with Gasteiger partial charge in [-0.05, 0) is 25.0 Å². The Labute approximate surface area is 160 Å². The second-order valence-electron chi connectivity index (χ2n) is 7.45. The molecular weight excluding hydrogens is 368 g/mol. The van der Waals surface area contributed by atoms with E-state index in [4.69, 9.17) is 4.74 Å². The summed E-state index contributed by atoms with van der Waals surface area (Å²) < 4.78 is 6.04. The fraction of sp³-hybridized carbons (Fsp3) is 0.500. The van der Waals surface area contributed by atoms with Crippen molar-refractivity contribution in [3.63, 3.8) is 0 Å². The molecule has 10 heteroatoms. The number of hydrogen-bond acceptors (Lipinski definition) is 7. The standard InChI is InChI=1S/C18H20N4O6/c1-3-13-14-18(15(23)19-17(25)20-16(18)24)7-10-6-11(22(26)27)4-5-12(10)21(14)8-9(2)28-13/h4-6,9,13-14H,3,7-8H2,1-2H3,(H2,19,20,23,24,25)/t9-,13+,14-/m1/s1. The number of fused-ring (bicyclic) bond motifs is 4. The Bertz CT molecular complexity index is 880. The predicted octanol–water partition coefficient (Wildman–Crippen LogP) is 0.876. The highest BCUT2D eigenvalue weighted by atomic mass is 16.6. The zero-order valence-corrected chi connectivity index (χ0v) is 15.4. The minimum Gasteiger partial charge on any atom is -0.371 e. The summed E-state index contributed by atoms with van der Waals surface area (Å²) in [6.45, 7) is 4.22. The average molecular weight is 388 g/mol. The highest BCUT2D eigenvalue weighted by Gasteiger charge is 2.63. The van der Waals surface area contributed by atoms with Gasteiger partial charge in [0.05, 0.1) is 23.2 Å². The average Bonchev–Trinajstić information content (AvgIpc) is 2.64. The van der Waals surface area contributed by atoms with E-state index in [0.29, 0.717) is 18.5 Å². The van der Waals surface area contributed by atoms with Gasteiger partial charge in [0.2, 0.25) is 11.8 Å². The van der Waals surface area contributed by atoms with Gasteiger partial charge >= 0.3 is 6.03 Å². The highest BCUT2D eigenvalue weighted by molar-refractivity contribution is 6.20. The first-order valence-corrected chi connectivity index (χ1v) is 9.14. The number of rotatable bonds is 2. The van der Waals surface area contributed by atoms with Gasteiger partial charge in [0, 0.05) is 30.8 Å².